The minimum Gasteiger partial charge on any atom is -0.392 e. The van der Waals surface area contributed by atoms with Crippen molar-refractivity contribution < 1.29 is 4.84 Å². The second-order valence-corrected chi connectivity index (χ2v) is 2.06. The normalized spacial score (nSPS) is 10.5. The number of H-pyrrole nitrogens is 1. The van der Waals surface area contributed by atoms with Crippen molar-refractivity contribution in [3.63, 3.8) is 0 Å². The number of nitrogens with zero attached hydrogens (tertiary/aromatic N) is 4. The summed E-state index contributed by atoms with van der Waals surface area (Å²) in [6.45, 7) is 4.01. The number of rotatable bonds is 5. The largest absolute Gasteiger partial charge is 0.392 e. The molecule has 0 aliphatic heterocycles. The third kappa shape index (κ3) is 2.89. The zero-order valence-electron chi connectivity index (χ0n) is 6.88. The summed E-state index contributed by atoms with van der Waals surface area (Å²) in [4.78, 5) is 15.5. The molecule has 13 heavy (non-hydrogen) atoms. The summed E-state index contributed by atoms with van der Waals surface area (Å²) in [6, 6.07) is 0. The van der Waals surface area contributed by atoms with Crippen molar-refractivity contribution in [2.75, 3.05) is 6.61 Å². The lowest BCUT2D eigenvalue weighted by Gasteiger charge is -1.91. The Balaban J connectivity index is 2.34. The average molecular weight is 183 g/mol. The Kier molecular flexibility index (Phi) is 3.43. The Morgan fingerprint density at radius 3 is 3.23 bits per heavy atom. The molecule has 0 aromatic carbocycles. The summed E-state index contributed by atoms with van der Waals surface area (Å²) < 4.78 is 1.11. The van der Waals surface area contributed by atoms with Crippen LogP contribution in [-0.4, -0.2) is 33.0 Å². The summed E-state index contributed by atoms with van der Waals surface area (Å²) in [5, 5.41) is 12.4. The molecule has 0 bridgehead atoms. The molecule has 0 saturated carbocycles. The van der Waals surface area contributed by atoms with Gasteiger partial charge in [0.2, 0.25) is 0 Å². The van der Waals surface area contributed by atoms with Gasteiger partial charge in [0.15, 0.2) is 0 Å². The van der Waals surface area contributed by atoms with E-state index in [0.29, 0.717) is 6.61 Å². The second kappa shape index (κ2) is 4.86. The van der Waals surface area contributed by atoms with Crippen LogP contribution in [0.5, 0.6) is 0 Å². The SMILES string of the molecule is C=CCON=CCn1nn[nH]c1=O. The van der Waals surface area contributed by atoms with Gasteiger partial charge >= 0.3 is 5.69 Å². The first-order valence-corrected chi connectivity index (χ1v) is 3.57. The van der Waals surface area contributed by atoms with Crippen molar-refractivity contribution in [1.29, 1.82) is 0 Å². The predicted octanol–water partition coefficient (Wildman–Crippen LogP) is -0.845. The quantitative estimate of drug-likeness (QED) is 0.279. The van der Waals surface area contributed by atoms with E-state index >= 15 is 0 Å². The van der Waals surface area contributed by atoms with Crippen LogP contribution in [0.2, 0.25) is 0 Å². The number of hydrogen-bond acceptors (Lipinski definition) is 5. The fourth-order valence-electron chi connectivity index (χ4n) is 0.596. The minimum absolute atomic E-state index is 0.229. The van der Waals surface area contributed by atoms with Crippen molar-refractivity contribution in [1.82, 2.24) is 20.2 Å². The molecule has 0 fully saturated rings. The highest BCUT2D eigenvalue weighted by molar-refractivity contribution is 5.55. The Hall–Kier alpha value is -1.92. The van der Waals surface area contributed by atoms with Crippen LogP contribution < -0.4 is 5.69 Å². The van der Waals surface area contributed by atoms with Crippen LogP contribution in [-0.2, 0) is 11.4 Å². The summed E-state index contributed by atoms with van der Waals surface area (Å²) in [7, 11) is 0. The molecule has 0 saturated heterocycles. The van der Waals surface area contributed by atoms with Gasteiger partial charge in [-0.2, -0.15) is 4.68 Å². The molecular formula is C6H9N5O2. The van der Waals surface area contributed by atoms with Crippen LogP contribution in [0, 0.1) is 0 Å². The Morgan fingerprint density at radius 1 is 1.77 bits per heavy atom. The fraction of sp³-hybridized carbons (Fsp3) is 0.333. The van der Waals surface area contributed by atoms with E-state index in [9.17, 15) is 4.79 Å². The standard InChI is InChI=1S/C6H9N5O2/c1-2-5-13-7-3-4-11-6(12)8-9-10-11/h2-3H,1,4-5H2,(H,8,10,12). The van der Waals surface area contributed by atoms with Crippen LogP contribution >= 0.6 is 0 Å². The van der Waals surface area contributed by atoms with Crippen LogP contribution in [0.1, 0.15) is 0 Å². The van der Waals surface area contributed by atoms with Crippen molar-refractivity contribution in [2.45, 2.75) is 6.54 Å². The summed E-state index contributed by atoms with van der Waals surface area (Å²) >= 11 is 0. The number of oxime groups is 1. The fourth-order valence-corrected chi connectivity index (χ4v) is 0.596. The molecule has 1 aromatic rings. The molecule has 70 valence electrons. The molecule has 1 aromatic heterocycles. The summed E-state index contributed by atoms with van der Waals surface area (Å²) in [6.07, 6.45) is 2.98. The highest BCUT2D eigenvalue weighted by Crippen LogP contribution is 1.75. The van der Waals surface area contributed by atoms with Gasteiger partial charge in [-0.1, -0.05) is 17.8 Å². The Morgan fingerprint density at radius 2 is 2.62 bits per heavy atom. The monoisotopic (exact) mass is 183 g/mol. The van der Waals surface area contributed by atoms with E-state index < -0.39 is 0 Å². The first-order valence-electron chi connectivity index (χ1n) is 3.57. The molecule has 7 nitrogen and oxygen atoms in total. The molecule has 0 atom stereocenters. The minimum atomic E-state index is -0.379. The van der Waals surface area contributed by atoms with E-state index in [0.717, 1.165) is 4.68 Å². The van der Waals surface area contributed by atoms with Crippen molar-refractivity contribution in [3.8, 4) is 0 Å². The zero-order valence-corrected chi connectivity index (χ0v) is 6.88. The molecule has 0 aliphatic rings. The number of hydrogen-bond donors (Lipinski definition) is 1. The third-order valence-corrected chi connectivity index (χ3v) is 1.13. The van der Waals surface area contributed by atoms with Gasteiger partial charge in [-0.05, 0) is 10.4 Å². The topological polar surface area (TPSA) is 85.2 Å². The van der Waals surface area contributed by atoms with Gasteiger partial charge in [0.25, 0.3) is 0 Å². The average Bonchev–Trinajstić information content (AvgIpc) is 2.52. The first-order chi connectivity index (χ1) is 6.34. The molecular weight excluding hydrogens is 174 g/mol. The van der Waals surface area contributed by atoms with Gasteiger partial charge in [0, 0.05) is 0 Å². The lowest BCUT2D eigenvalue weighted by atomic mass is 10.7. The Bertz CT molecular complexity index is 339. The molecule has 0 spiro atoms. The van der Waals surface area contributed by atoms with Crippen molar-refractivity contribution in [2.24, 2.45) is 5.16 Å². The number of aromatic amines is 1. The van der Waals surface area contributed by atoms with Crippen LogP contribution in [0.15, 0.2) is 22.6 Å². The van der Waals surface area contributed by atoms with E-state index in [-0.39, 0.29) is 12.2 Å². The zero-order chi connectivity index (χ0) is 9.52. The first kappa shape index (κ1) is 9.17. The molecule has 1 heterocycles. The predicted molar refractivity (Wildman–Crippen MR) is 45.3 cm³/mol. The molecule has 1 rings (SSSR count). The number of nitrogens with one attached hydrogen (secondary N) is 1. The van der Waals surface area contributed by atoms with E-state index in [1.807, 2.05) is 0 Å². The molecule has 0 aliphatic carbocycles. The van der Waals surface area contributed by atoms with E-state index in [4.69, 9.17) is 4.84 Å². The van der Waals surface area contributed by atoms with Gasteiger partial charge in [-0.15, -0.1) is 0 Å². The van der Waals surface area contributed by atoms with E-state index in [2.05, 4.69) is 27.3 Å². The van der Waals surface area contributed by atoms with Crippen LogP contribution in [0.25, 0.3) is 0 Å². The van der Waals surface area contributed by atoms with Crippen LogP contribution in [0.4, 0.5) is 0 Å². The number of tetrazole rings is 1. The van der Waals surface area contributed by atoms with Gasteiger partial charge in [-0.3, -0.25) is 0 Å². The van der Waals surface area contributed by atoms with E-state index in [1.54, 1.807) is 6.08 Å². The third-order valence-electron chi connectivity index (χ3n) is 1.13. The van der Waals surface area contributed by atoms with Gasteiger partial charge in [-0.25, -0.2) is 9.89 Å². The lowest BCUT2D eigenvalue weighted by Crippen LogP contribution is -2.18. The number of aromatic nitrogens is 4. The molecule has 1 N–H and O–H groups in total. The summed E-state index contributed by atoms with van der Waals surface area (Å²) in [5.41, 5.74) is -0.379. The molecule has 7 heteroatoms. The highest BCUT2D eigenvalue weighted by Gasteiger charge is 1.94. The van der Waals surface area contributed by atoms with Gasteiger partial charge in [0.05, 0.1) is 12.8 Å². The van der Waals surface area contributed by atoms with Crippen molar-refractivity contribution >= 4 is 6.21 Å². The van der Waals surface area contributed by atoms with E-state index in [1.165, 1.54) is 6.21 Å². The molecule has 0 unspecified atom stereocenters. The van der Waals surface area contributed by atoms with Crippen molar-refractivity contribution in [3.05, 3.63) is 23.1 Å². The van der Waals surface area contributed by atoms with Gasteiger partial charge < -0.3 is 4.84 Å². The lowest BCUT2D eigenvalue weighted by molar-refractivity contribution is 0.175. The maximum atomic E-state index is 10.8. The highest BCUT2D eigenvalue weighted by atomic mass is 16.6. The Labute approximate surface area is 73.7 Å². The maximum Gasteiger partial charge on any atom is 0.361 e. The maximum absolute atomic E-state index is 10.8. The van der Waals surface area contributed by atoms with Gasteiger partial charge in [0.1, 0.15) is 6.61 Å². The summed E-state index contributed by atoms with van der Waals surface area (Å²) in [5.74, 6) is 0. The second-order valence-electron chi connectivity index (χ2n) is 2.06. The van der Waals surface area contributed by atoms with Crippen LogP contribution in [0.3, 0.4) is 0 Å². The smallest absolute Gasteiger partial charge is 0.361 e. The molecule has 0 amide bonds. The molecule has 0 radical (unpaired) electrons.